The minimum atomic E-state index is -1.15. The number of piperidine rings is 1. The van der Waals surface area contributed by atoms with Gasteiger partial charge in [-0.3, -0.25) is 14.4 Å². The van der Waals surface area contributed by atoms with E-state index >= 15 is 0 Å². The second-order valence-corrected chi connectivity index (χ2v) is 9.48. The molecule has 1 fully saturated rings. The lowest BCUT2D eigenvalue weighted by atomic mass is 9.72. The molecule has 4 rings (SSSR count). The zero-order chi connectivity index (χ0) is 25.1. The summed E-state index contributed by atoms with van der Waals surface area (Å²) >= 11 is 12.4. The summed E-state index contributed by atoms with van der Waals surface area (Å²) in [5.74, 6) is -3.13. The highest BCUT2D eigenvalue weighted by Gasteiger charge is 2.48. The second kappa shape index (κ2) is 10.5. The van der Waals surface area contributed by atoms with E-state index in [1.54, 1.807) is 42.5 Å². The van der Waals surface area contributed by atoms with Crippen molar-refractivity contribution < 1.29 is 19.5 Å². The maximum atomic E-state index is 13.9. The van der Waals surface area contributed by atoms with Crippen LogP contribution in [0.15, 0.2) is 72.8 Å². The molecule has 0 saturated carbocycles. The van der Waals surface area contributed by atoms with Gasteiger partial charge in [0.2, 0.25) is 11.8 Å². The van der Waals surface area contributed by atoms with Crippen LogP contribution in [0.4, 0.5) is 5.69 Å². The van der Waals surface area contributed by atoms with Gasteiger partial charge in [0, 0.05) is 28.1 Å². The molecule has 3 atom stereocenters. The van der Waals surface area contributed by atoms with Crippen LogP contribution in [0.3, 0.4) is 0 Å². The standard InChI is InChI=1S/C27H24Cl2N2O4/c1-16-6-2-3-11-21(16)26-25(27(35)30-20-10-5-9-19(29)13-20)22(17-7-4-8-18(28)12-17)14-23(32)31(26)15-24(33)34/h2-13,22,25-26H,14-15H2,1H3,(H,30,35)(H,33,34)/t22-,25-,26+/m0/s1. The highest BCUT2D eigenvalue weighted by atomic mass is 35.5. The van der Waals surface area contributed by atoms with Crippen LogP contribution in [0.1, 0.15) is 35.1 Å². The molecule has 6 nitrogen and oxygen atoms in total. The highest BCUT2D eigenvalue weighted by Crippen LogP contribution is 2.46. The number of aryl methyl sites for hydroxylation is 1. The van der Waals surface area contributed by atoms with E-state index in [2.05, 4.69) is 5.32 Å². The molecule has 8 heteroatoms. The quantitative estimate of drug-likeness (QED) is 0.445. The number of hydrogen-bond acceptors (Lipinski definition) is 3. The van der Waals surface area contributed by atoms with Crippen LogP contribution in [0.25, 0.3) is 0 Å². The van der Waals surface area contributed by atoms with Gasteiger partial charge >= 0.3 is 5.97 Å². The van der Waals surface area contributed by atoms with Crippen LogP contribution in [0, 0.1) is 12.8 Å². The molecule has 0 bridgehead atoms. The fourth-order valence-corrected chi connectivity index (χ4v) is 5.18. The van der Waals surface area contributed by atoms with Gasteiger partial charge in [-0.25, -0.2) is 0 Å². The van der Waals surface area contributed by atoms with Crippen molar-refractivity contribution in [1.82, 2.24) is 4.90 Å². The molecule has 3 aromatic carbocycles. The number of likely N-dealkylation sites (tertiary alicyclic amines) is 1. The Bertz CT molecular complexity index is 1280. The molecule has 3 aromatic rings. The van der Waals surface area contributed by atoms with E-state index in [0.717, 1.165) is 16.7 Å². The third-order valence-corrected chi connectivity index (χ3v) is 6.78. The largest absolute Gasteiger partial charge is 0.480 e. The van der Waals surface area contributed by atoms with Crippen molar-refractivity contribution in [3.8, 4) is 0 Å². The van der Waals surface area contributed by atoms with Crippen LogP contribution < -0.4 is 5.32 Å². The summed E-state index contributed by atoms with van der Waals surface area (Å²) < 4.78 is 0. The number of benzene rings is 3. The maximum absolute atomic E-state index is 13.9. The van der Waals surface area contributed by atoms with Crippen LogP contribution in [-0.4, -0.2) is 34.3 Å². The molecule has 0 aliphatic carbocycles. The zero-order valence-corrected chi connectivity index (χ0v) is 20.5. The Kier molecular flexibility index (Phi) is 7.43. The number of rotatable bonds is 6. The SMILES string of the molecule is Cc1ccccc1[C@@H]1[C@@H](C(=O)Nc2cccc(Cl)c2)[C@H](c2cccc(Cl)c2)CC(=O)N1CC(=O)O. The predicted molar refractivity (Wildman–Crippen MR) is 136 cm³/mol. The van der Waals surface area contributed by atoms with Gasteiger partial charge in [0.1, 0.15) is 6.54 Å². The molecule has 0 unspecified atom stereocenters. The minimum Gasteiger partial charge on any atom is -0.480 e. The third-order valence-electron chi connectivity index (χ3n) is 6.31. The number of hydrogen-bond donors (Lipinski definition) is 2. The summed E-state index contributed by atoms with van der Waals surface area (Å²) in [6, 6.07) is 20.5. The van der Waals surface area contributed by atoms with Crippen molar-refractivity contribution >= 4 is 46.7 Å². The first-order chi connectivity index (χ1) is 16.7. The molecule has 1 saturated heterocycles. The van der Waals surface area contributed by atoms with Crippen LogP contribution in [0.5, 0.6) is 0 Å². The Morgan fingerprint density at radius 1 is 1.00 bits per heavy atom. The normalized spacial score (nSPS) is 19.9. The average molecular weight is 511 g/mol. The number of amides is 2. The Morgan fingerprint density at radius 3 is 2.34 bits per heavy atom. The summed E-state index contributed by atoms with van der Waals surface area (Å²) in [6.45, 7) is 1.37. The number of halogens is 2. The van der Waals surface area contributed by atoms with Crippen molar-refractivity contribution in [1.29, 1.82) is 0 Å². The number of carboxylic acid groups (broad SMARTS) is 1. The number of carboxylic acids is 1. The fraction of sp³-hybridized carbons (Fsp3) is 0.222. The van der Waals surface area contributed by atoms with E-state index in [1.165, 1.54) is 4.90 Å². The first-order valence-corrected chi connectivity index (χ1v) is 11.9. The molecule has 1 heterocycles. The van der Waals surface area contributed by atoms with Crippen LogP contribution in [0.2, 0.25) is 10.0 Å². The second-order valence-electron chi connectivity index (χ2n) is 8.61. The van der Waals surface area contributed by atoms with Gasteiger partial charge in [-0.15, -0.1) is 0 Å². The van der Waals surface area contributed by atoms with E-state index in [1.807, 2.05) is 37.3 Å². The predicted octanol–water partition coefficient (Wildman–Crippen LogP) is 5.70. The zero-order valence-electron chi connectivity index (χ0n) is 18.9. The monoisotopic (exact) mass is 510 g/mol. The molecule has 2 N–H and O–H groups in total. The van der Waals surface area contributed by atoms with Crippen molar-refractivity contribution in [2.45, 2.75) is 25.3 Å². The summed E-state index contributed by atoms with van der Waals surface area (Å²) in [5.41, 5.74) is 2.83. The Morgan fingerprint density at radius 2 is 1.69 bits per heavy atom. The fourth-order valence-electron chi connectivity index (χ4n) is 4.79. The molecule has 0 radical (unpaired) electrons. The van der Waals surface area contributed by atoms with E-state index in [4.69, 9.17) is 23.2 Å². The highest BCUT2D eigenvalue weighted by molar-refractivity contribution is 6.31. The molecule has 0 aromatic heterocycles. The molecule has 1 aliphatic rings. The van der Waals surface area contributed by atoms with Crippen molar-refractivity contribution in [2.24, 2.45) is 5.92 Å². The summed E-state index contributed by atoms with van der Waals surface area (Å²) in [4.78, 5) is 40.3. The summed E-state index contributed by atoms with van der Waals surface area (Å²) in [6.07, 6.45) is -0.0242. The van der Waals surface area contributed by atoms with E-state index in [9.17, 15) is 19.5 Å². The Hall–Kier alpha value is -3.35. The molecule has 0 spiro atoms. The average Bonchev–Trinajstić information content (AvgIpc) is 2.80. The van der Waals surface area contributed by atoms with Crippen molar-refractivity contribution in [3.05, 3.63) is 99.5 Å². The number of nitrogens with one attached hydrogen (secondary N) is 1. The number of nitrogens with zero attached hydrogens (tertiary/aromatic N) is 1. The van der Waals surface area contributed by atoms with Gasteiger partial charge in [-0.1, -0.05) is 65.7 Å². The number of aliphatic carboxylic acids is 1. The molecule has 180 valence electrons. The Balaban J connectivity index is 1.87. The van der Waals surface area contributed by atoms with Gasteiger partial charge < -0.3 is 15.3 Å². The number of carbonyl (C=O) groups excluding carboxylic acids is 2. The van der Waals surface area contributed by atoms with Gasteiger partial charge in [0.25, 0.3) is 0 Å². The number of anilines is 1. The van der Waals surface area contributed by atoms with E-state index in [-0.39, 0.29) is 18.2 Å². The molecular formula is C27H24Cl2N2O4. The molecule has 1 aliphatic heterocycles. The van der Waals surface area contributed by atoms with Crippen molar-refractivity contribution in [2.75, 3.05) is 11.9 Å². The van der Waals surface area contributed by atoms with Gasteiger partial charge in [-0.2, -0.15) is 0 Å². The smallest absolute Gasteiger partial charge is 0.323 e. The lowest BCUT2D eigenvalue weighted by Crippen LogP contribution is -2.51. The minimum absolute atomic E-state index is 0.0242. The lowest BCUT2D eigenvalue weighted by molar-refractivity contribution is -0.152. The summed E-state index contributed by atoms with van der Waals surface area (Å²) in [7, 11) is 0. The van der Waals surface area contributed by atoms with Gasteiger partial charge in [-0.05, 0) is 53.9 Å². The van der Waals surface area contributed by atoms with Gasteiger partial charge in [0.15, 0.2) is 0 Å². The van der Waals surface area contributed by atoms with Crippen LogP contribution >= 0.6 is 23.2 Å². The van der Waals surface area contributed by atoms with E-state index in [0.29, 0.717) is 15.7 Å². The Labute approximate surface area is 213 Å². The molecular weight excluding hydrogens is 487 g/mol. The maximum Gasteiger partial charge on any atom is 0.323 e. The molecule has 35 heavy (non-hydrogen) atoms. The topological polar surface area (TPSA) is 86.7 Å². The number of carbonyl (C=O) groups is 3. The first kappa shape index (κ1) is 24.8. The van der Waals surface area contributed by atoms with Crippen LogP contribution in [-0.2, 0) is 14.4 Å². The van der Waals surface area contributed by atoms with E-state index < -0.39 is 30.4 Å². The lowest BCUT2D eigenvalue weighted by Gasteiger charge is -2.45. The third kappa shape index (κ3) is 5.50. The van der Waals surface area contributed by atoms with Gasteiger partial charge in [0.05, 0.1) is 12.0 Å². The summed E-state index contributed by atoms with van der Waals surface area (Å²) in [5, 5.41) is 13.5. The van der Waals surface area contributed by atoms with Crippen molar-refractivity contribution in [3.63, 3.8) is 0 Å². The molecule has 2 amide bonds. The first-order valence-electron chi connectivity index (χ1n) is 11.1.